The number of thiophene rings is 1. The van der Waals surface area contributed by atoms with Crippen molar-refractivity contribution in [3.63, 3.8) is 0 Å². The van der Waals surface area contributed by atoms with Gasteiger partial charge in [0.25, 0.3) is 0 Å². The summed E-state index contributed by atoms with van der Waals surface area (Å²) in [6.45, 7) is 2.17. The number of aromatic nitrogens is 1. The lowest BCUT2D eigenvalue weighted by Crippen LogP contribution is -2.18. The number of rotatable bonds is 7. The smallest absolute Gasteiger partial charge is 0.207 e. The zero-order chi connectivity index (χ0) is 22.8. The minimum Gasteiger partial charge on any atom is -0.493 e. The molecule has 7 heteroatoms. The van der Waals surface area contributed by atoms with Crippen LogP contribution < -0.4 is 14.5 Å². The van der Waals surface area contributed by atoms with Crippen molar-refractivity contribution in [2.24, 2.45) is 5.10 Å². The summed E-state index contributed by atoms with van der Waals surface area (Å²) in [7, 11) is 3.32. The van der Waals surface area contributed by atoms with Gasteiger partial charge in [0.2, 0.25) is 5.13 Å². The van der Waals surface area contributed by atoms with Gasteiger partial charge in [-0.15, -0.1) is 22.7 Å². The Hall–Kier alpha value is -3.16. The van der Waals surface area contributed by atoms with Crippen LogP contribution in [0.15, 0.2) is 70.5 Å². The Morgan fingerprint density at radius 3 is 2.52 bits per heavy atom. The Morgan fingerprint density at radius 1 is 1.00 bits per heavy atom. The Morgan fingerprint density at radius 2 is 1.82 bits per heavy atom. The molecule has 2 aromatic heterocycles. The van der Waals surface area contributed by atoms with Crippen LogP contribution >= 0.6 is 22.7 Å². The van der Waals surface area contributed by atoms with E-state index in [0.29, 0.717) is 0 Å². The van der Waals surface area contributed by atoms with Crippen LogP contribution in [0.2, 0.25) is 0 Å². The SMILES string of the molecule is CCc1ccc(-c2csc(N3N=C(c4cccs4)C[C@@H]3c3ccc(OC)c(OC)c3)n2)cc1. The third-order valence-corrected chi connectivity index (χ3v) is 7.60. The van der Waals surface area contributed by atoms with Crippen LogP contribution in [0, 0.1) is 0 Å². The van der Waals surface area contributed by atoms with Crippen LogP contribution in [0.3, 0.4) is 0 Å². The minimum atomic E-state index is 0.0309. The highest BCUT2D eigenvalue weighted by Gasteiger charge is 2.32. The maximum atomic E-state index is 5.57. The van der Waals surface area contributed by atoms with Crippen LogP contribution in [-0.4, -0.2) is 24.9 Å². The molecule has 0 saturated carbocycles. The number of aryl methyl sites for hydroxylation is 1. The molecule has 1 aliphatic rings. The summed E-state index contributed by atoms with van der Waals surface area (Å²) in [4.78, 5) is 6.16. The van der Waals surface area contributed by atoms with Gasteiger partial charge in [0.05, 0.1) is 36.5 Å². The van der Waals surface area contributed by atoms with Gasteiger partial charge >= 0.3 is 0 Å². The molecule has 1 aliphatic heterocycles. The molecule has 33 heavy (non-hydrogen) atoms. The van der Waals surface area contributed by atoms with E-state index in [2.05, 4.69) is 65.2 Å². The zero-order valence-corrected chi connectivity index (χ0v) is 20.5. The Labute approximate surface area is 202 Å². The molecule has 4 aromatic rings. The largest absolute Gasteiger partial charge is 0.493 e. The van der Waals surface area contributed by atoms with Crippen molar-refractivity contribution in [2.75, 3.05) is 19.2 Å². The van der Waals surface area contributed by atoms with E-state index < -0.39 is 0 Å². The van der Waals surface area contributed by atoms with Gasteiger partial charge in [0.15, 0.2) is 11.5 Å². The van der Waals surface area contributed by atoms with Crippen LogP contribution in [0.25, 0.3) is 11.3 Å². The van der Waals surface area contributed by atoms with Crippen molar-refractivity contribution in [1.82, 2.24) is 4.98 Å². The Bertz CT molecular complexity index is 1260. The monoisotopic (exact) mass is 475 g/mol. The van der Waals surface area contributed by atoms with Crippen LogP contribution in [0.5, 0.6) is 11.5 Å². The fraction of sp³-hybridized carbons (Fsp3) is 0.231. The third-order valence-electron chi connectivity index (χ3n) is 5.85. The second kappa shape index (κ2) is 9.37. The summed E-state index contributed by atoms with van der Waals surface area (Å²) in [5, 5.41) is 12.2. The maximum absolute atomic E-state index is 5.57. The summed E-state index contributed by atoms with van der Waals surface area (Å²) in [6.07, 6.45) is 1.83. The summed E-state index contributed by atoms with van der Waals surface area (Å²) in [5.74, 6) is 1.44. The molecule has 168 valence electrons. The number of anilines is 1. The van der Waals surface area contributed by atoms with Gasteiger partial charge in [-0.05, 0) is 41.1 Å². The molecule has 0 spiro atoms. The first kappa shape index (κ1) is 21.7. The van der Waals surface area contributed by atoms with Crippen LogP contribution in [0.1, 0.15) is 35.4 Å². The number of hydrogen-bond acceptors (Lipinski definition) is 7. The minimum absolute atomic E-state index is 0.0309. The molecule has 0 saturated heterocycles. The topological polar surface area (TPSA) is 47.0 Å². The molecule has 0 N–H and O–H groups in total. The number of thiazole rings is 1. The fourth-order valence-corrected chi connectivity index (χ4v) is 5.57. The maximum Gasteiger partial charge on any atom is 0.207 e. The van der Waals surface area contributed by atoms with Gasteiger partial charge in [-0.2, -0.15) is 5.10 Å². The predicted molar refractivity (Wildman–Crippen MR) is 137 cm³/mol. The van der Waals surface area contributed by atoms with E-state index in [1.165, 1.54) is 10.4 Å². The summed E-state index contributed by atoms with van der Waals surface area (Å²) in [5.41, 5.74) is 5.62. The molecular weight excluding hydrogens is 450 g/mol. The summed E-state index contributed by atoms with van der Waals surface area (Å²) >= 11 is 3.34. The van der Waals surface area contributed by atoms with Crippen molar-refractivity contribution < 1.29 is 9.47 Å². The second-order valence-electron chi connectivity index (χ2n) is 7.77. The molecule has 0 radical (unpaired) electrons. The molecule has 0 aliphatic carbocycles. The van der Waals surface area contributed by atoms with E-state index in [0.717, 1.165) is 52.0 Å². The predicted octanol–water partition coefficient (Wildman–Crippen LogP) is 6.81. The average Bonchev–Trinajstić information content (AvgIpc) is 3.63. The molecule has 5 nitrogen and oxygen atoms in total. The first-order valence-electron chi connectivity index (χ1n) is 10.9. The van der Waals surface area contributed by atoms with Crippen molar-refractivity contribution in [1.29, 1.82) is 0 Å². The number of nitrogens with zero attached hydrogens (tertiary/aromatic N) is 3. The Kier molecular flexibility index (Phi) is 6.15. The van der Waals surface area contributed by atoms with Gasteiger partial charge in [0.1, 0.15) is 0 Å². The van der Waals surface area contributed by atoms with Crippen LogP contribution in [-0.2, 0) is 6.42 Å². The van der Waals surface area contributed by atoms with Crippen LogP contribution in [0.4, 0.5) is 5.13 Å². The average molecular weight is 476 g/mol. The van der Waals surface area contributed by atoms with Crippen molar-refractivity contribution >= 4 is 33.5 Å². The van der Waals surface area contributed by atoms with Crippen molar-refractivity contribution in [3.05, 3.63) is 81.4 Å². The van der Waals surface area contributed by atoms with Gasteiger partial charge in [-0.3, -0.25) is 0 Å². The molecule has 0 fully saturated rings. The van der Waals surface area contributed by atoms with Crippen molar-refractivity contribution in [2.45, 2.75) is 25.8 Å². The number of benzene rings is 2. The number of ether oxygens (including phenoxy) is 2. The summed E-state index contributed by atoms with van der Waals surface area (Å²) < 4.78 is 11.0. The van der Waals surface area contributed by atoms with Crippen molar-refractivity contribution in [3.8, 4) is 22.8 Å². The molecule has 3 heterocycles. The molecule has 0 amide bonds. The Balaban J connectivity index is 1.51. The lowest BCUT2D eigenvalue weighted by molar-refractivity contribution is 0.354. The standard InChI is InChI=1S/C26H25N3O2S2/c1-4-17-7-9-18(10-8-17)21-16-33-26(27-21)29-22(15-20(28-29)25-6-5-13-32-25)19-11-12-23(30-2)24(14-19)31-3/h5-14,16,22H,4,15H2,1-3H3/t22-/m1/s1. The molecule has 0 bridgehead atoms. The lowest BCUT2D eigenvalue weighted by atomic mass is 10.0. The summed E-state index contributed by atoms with van der Waals surface area (Å²) in [6, 6.07) is 18.9. The van der Waals surface area contributed by atoms with E-state index in [9.17, 15) is 0 Å². The molecule has 5 rings (SSSR count). The molecule has 2 aromatic carbocycles. The third kappa shape index (κ3) is 4.26. The highest BCUT2D eigenvalue weighted by Crippen LogP contribution is 2.42. The van der Waals surface area contributed by atoms with E-state index >= 15 is 0 Å². The van der Waals surface area contributed by atoms with E-state index in [-0.39, 0.29) is 6.04 Å². The molecule has 1 atom stereocenters. The lowest BCUT2D eigenvalue weighted by Gasteiger charge is -2.22. The molecular formula is C26H25N3O2S2. The van der Waals surface area contributed by atoms with E-state index in [1.807, 2.05) is 12.1 Å². The quantitative estimate of drug-likeness (QED) is 0.295. The van der Waals surface area contributed by atoms with Gasteiger partial charge in [-0.1, -0.05) is 43.3 Å². The number of hydrogen-bond donors (Lipinski definition) is 0. The zero-order valence-electron chi connectivity index (χ0n) is 18.8. The second-order valence-corrected chi connectivity index (χ2v) is 9.55. The molecule has 0 unspecified atom stereocenters. The highest BCUT2D eigenvalue weighted by molar-refractivity contribution is 7.14. The number of methoxy groups -OCH3 is 2. The van der Waals surface area contributed by atoms with E-state index in [1.54, 1.807) is 36.9 Å². The number of hydrazone groups is 1. The van der Waals surface area contributed by atoms with E-state index in [4.69, 9.17) is 19.6 Å². The first-order valence-corrected chi connectivity index (χ1v) is 12.6. The fourth-order valence-electron chi connectivity index (χ4n) is 4.01. The van der Waals surface area contributed by atoms with Gasteiger partial charge in [-0.25, -0.2) is 9.99 Å². The van der Waals surface area contributed by atoms with Gasteiger partial charge in [0, 0.05) is 17.4 Å². The highest BCUT2D eigenvalue weighted by atomic mass is 32.1. The van der Waals surface area contributed by atoms with Gasteiger partial charge < -0.3 is 9.47 Å². The first-order chi connectivity index (χ1) is 16.2. The normalized spacial score (nSPS) is 15.5.